The summed E-state index contributed by atoms with van der Waals surface area (Å²) in [6, 6.07) is 5.51. The van der Waals surface area contributed by atoms with Crippen LogP contribution >= 0.6 is 0 Å². The Kier molecular flexibility index (Phi) is 8.23. The summed E-state index contributed by atoms with van der Waals surface area (Å²) in [4.78, 5) is 39.5. The average molecular weight is 473 g/mol. The largest absolute Gasteiger partial charge is 0.496 e. The zero-order valence-corrected chi connectivity index (χ0v) is 20.6. The number of allylic oxidation sites excluding steroid dienone is 1. The summed E-state index contributed by atoms with van der Waals surface area (Å²) in [6.07, 6.45) is 4.99. The fourth-order valence-electron chi connectivity index (χ4n) is 4.73. The van der Waals surface area contributed by atoms with Gasteiger partial charge in [0.15, 0.2) is 0 Å². The van der Waals surface area contributed by atoms with Gasteiger partial charge in [-0.1, -0.05) is 30.2 Å². The molecule has 1 aromatic carbocycles. The molecule has 2 atom stereocenters. The van der Waals surface area contributed by atoms with E-state index >= 15 is 0 Å². The molecule has 0 aromatic heterocycles. The molecule has 0 radical (unpaired) electrons. The molecule has 1 saturated heterocycles. The van der Waals surface area contributed by atoms with E-state index in [9.17, 15) is 19.5 Å². The molecule has 0 spiro atoms. The first-order valence-corrected chi connectivity index (χ1v) is 11.9. The Morgan fingerprint density at radius 2 is 1.79 bits per heavy atom. The third kappa shape index (κ3) is 6.52. The number of nitrogens with zero attached hydrogens (tertiary/aromatic N) is 1. The number of benzene rings is 1. The Labute approximate surface area is 201 Å². The minimum atomic E-state index is -1.01. The van der Waals surface area contributed by atoms with Crippen molar-refractivity contribution >= 4 is 18.0 Å². The molecule has 186 valence electrons. The van der Waals surface area contributed by atoms with Crippen molar-refractivity contribution in [3.05, 3.63) is 41.0 Å². The van der Waals surface area contributed by atoms with E-state index in [1.165, 1.54) is 24.0 Å². The SMILES string of the molecule is COc1ccccc1[C@H](CC(=O)N1CC(=C2CCCCC2)C[C@H]1C(=O)O)NC(=O)OC(C)(C)C. The van der Waals surface area contributed by atoms with E-state index in [4.69, 9.17) is 9.47 Å². The maximum atomic E-state index is 13.4. The van der Waals surface area contributed by atoms with Crippen molar-refractivity contribution in [2.24, 2.45) is 0 Å². The zero-order chi connectivity index (χ0) is 24.9. The molecule has 8 heteroatoms. The van der Waals surface area contributed by atoms with E-state index in [2.05, 4.69) is 5.32 Å². The van der Waals surface area contributed by atoms with Crippen LogP contribution in [0.3, 0.4) is 0 Å². The van der Waals surface area contributed by atoms with Crippen molar-refractivity contribution < 1.29 is 29.0 Å². The molecule has 0 unspecified atom stereocenters. The van der Waals surface area contributed by atoms with Gasteiger partial charge in [-0.25, -0.2) is 9.59 Å². The van der Waals surface area contributed by atoms with Gasteiger partial charge in [-0.15, -0.1) is 0 Å². The predicted molar refractivity (Wildman–Crippen MR) is 128 cm³/mol. The van der Waals surface area contributed by atoms with E-state index < -0.39 is 29.7 Å². The number of methoxy groups -OCH3 is 1. The van der Waals surface area contributed by atoms with Gasteiger partial charge in [0.1, 0.15) is 17.4 Å². The van der Waals surface area contributed by atoms with Gasteiger partial charge >= 0.3 is 12.1 Å². The summed E-state index contributed by atoms with van der Waals surface area (Å²) in [5.74, 6) is -0.808. The normalized spacial score (nSPS) is 19.5. The molecular weight excluding hydrogens is 436 g/mol. The first-order valence-electron chi connectivity index (χ1n) is 11.9. The Balaban J connectivity index is 1.84. The van der Waals surface area contributed by atoms with Gasteiger partial charge in [-0.2, -0.15) is 0 Å². The van der Waals surface area contributed by atoms with Gasteiger partial charge in [0.2, 0.25) is 5.91 Å². The van der Waals surface area contributed by atoms with E-state index in [1.54, 1.807) is 45.0 Å². The topological polar surface area (TPSA) is 105 Å². The number of hydrogen-bond acceptors (Lipinski definition) is 5. The molecule has 3 rings (SSSR count). The third-order valence-corrected chi connectivity index (χ3v) is 6.32. The number of hydrogen-bond donors (Lipinski definition) is 2. The molecule has 1 heterocycles. The number of para-hydroxylation sites is 1. The highest BCUT2D eigenvalue weighted by molar-refractivity contribution is 5.86. The summed E-state index contributed by atoms with van der Waals surface area (Å²) < 4.78 is 10.9. The molecule has 1 aliphatic heterocycles. The highest BCUT2D eigenvalue weighted by Crippen LogP contribution is 2.35. The molecule has 1 aromatic rings. The predicted octanol–water partition coefficient (Wildman–Crippen LogP) is 4.60. The maximum Gasteiger partial charge on any atom is 0.408 e. The second-order valence-electron chi connectivity index (χ2n) is 9.99. The van der Waals surface area contributed by atoms with E-state index in [1.807, 2.05) is 0 Å². The van der Waals surface area contributed by atoms with E-state index in [0.29, 0.717) is 24.3 Å². The second kappa shape index (κ2) is 10.9. The first kappa shape index (κ1) is 25.6. The average Bonchev–Trinajstić information content (AvgIpc) is 3.24. The molecule has 1 saturated carbocycles. The van der Waals surface area contributed by atoms with Crippen LogP contribution in [0.1, 0.15) is 77.3 Å². The van der Waals surface area contributed by atoms with Crippen molar-refractivity contribution in [2.45, 2.75) is 83.4 Å². The minimum Gasteiger partial charge on any atom is -0.496 e. The van der Waals surface area contributed by atoms with Crippen molar-refractivity contribution in [2.75, 3.05) is 13.7 Å². The summed E-state index contributed by atoms with van der Waals surface area (Å²) in [5.41, 5.74) is 2.31. The summed E-state index contributed by atoms with van der Waals surface area (Å²) in [7, 11) is 1.52. The Morgan fingerprint density at radius 1 is 1.12 bits per heavy atom. The number of alkyl carbamates (subject to hydrolysis) is 1. The highest BCUT2D eigenvalue weighted by Gasteiger charge is 2.39. The smallest absolute Gasteiger partial charge is 0.408 e. The monoisotopic (exact) mass is 472 g/mol. The van der Waals surface area contributed by atoms with Crippen molar-refractivity contribution in [3.8, 4) is 5.75 Å². The third-order valence-electron chi connectivity index (χ3n) is 6.32. The Hall–Kier alpha value is -3.03. The van der Waals surface area contributed by atoms with Crippen LogP contribution in [0.15, 0.2) is 35.4 Å². The minimum absolute atomic E-state index is 0.105. The lowest BCUT2D eigenvalue weighted by Gasteiger charge is -2.27. The van der Waals surface area contributed by atoms with Crippen LogP contribution in [0, 0.1) is 0 Å². The molecule has 2 aliphatic rings. The number of carbonyl (C=O) groups is 3. The lowest BCUT2D eigenvalue weighted by Crippen LogP contribution is -2.43. The Bertz CT molecular complexity index is 941. The van der Waals surface area contributed by atoms with Crippen LogP contribution in [0.2, 0.25) is 0 Å². The van der Waals surface area contributed by atoms with Gasteiger partial charge in [0.25, 0.3) is 0 Å². The molecule has 8 nitrogen and oxygen atoms in total. The summed E-state index contributed by atoms with van der Waals surface area (Å²) >= 11 is 0. The second-order valence-corrected chi connectivity index (χ2v) is 9.99. The molecule has 34 heavy (non-hydrogen) atoms. The summed E-state index contributed by atoms with van der Waals surface area (Å²) in [6.45, 7) is 5.61. The van der Waals surface area contributed by atoms with Gasteiger partial charge in [0.05, 0.1) is 19.6 Å². The molecule has 1 aliphatic carbocycles. The van der Waals surface area contributed by atoms with Gasteiger partial charge in [-0.05, 0) is 58.1 Å². The van der Waals surface area contributed by atoms with Crippen LogP contribution < -0.4 is 10.1 Å². The first-order chi connectivity index (χ1) is 16.1. The summed E-state index contributed by atoms with van der Waals surface area (Å²) in [5, 5.41) is 12.6. The van der Waals surface area contributed by atoms with E-state index in [0.717, 1.165) is 31.3 Å². The number of likely N-dealkylation sites (tertiary alicyclic amines) is 1. The quantitative estimate of drug-likeness (QED) is 0.587. The highest BCUT2D eigenvalue weighted by atomic mass is 16.6. The fraction of sp³-hybridized carbons (Fsp3) is 0.577. The standard InChI is InChI=1S/C26H36N2O6/c1-26(2,3)34-25(32)27-20(19-12-8-9-13-22(19)33-4)15-23(29)28-16-18(14-21(28)24(30)31)17-10-6-5-7-11-17/h8-9,12-13,20-21H,5-7,10-11,14-16H2,1-4H3,(H,27,32)(H,30,31)/t20-,21-/m0/s1. The number of carbonyl (C=O) groups excluding carboxylic acids is 2. The number of aliphatic carboxylic acids is 1. The number of amides is 2. The van der Waals surface area contributed by atoms with Crippen molar-refractivity contribution in [1.29, 1.82) is 0 Å². The van der Waals surface area contributed by atoms with Crippen LogP contribution in [-0.4, -0.2) is 53.3 Å². The number of ether oxygens (including phenoxy) is 2. The molecule has 2 fully saturated rings. The van der Waals surface area contributed by atoms with Crippen molar-refractivity contribution in [3.63, 3.8) is 0 Å². The lowest BCUT2D eigenvalue weighted by molar-refractivity contribution is -0.148. The fourth-order valence-corrected chi connectivity index (χ4v) is 4.73. The van der Waals surface area contributed by atoms with Gasteiger partial charge in [-0.3, -0.25) is 4.79 Å². The zero-order valence-electron chi connectivity index (χ0n) is 20.6. The molecule has 0 bridgehead atoms. The van der Waals surface area contributed by atoms with Gasteiger partial charge in [0, 0.05) is 18.5 Å². The Morgan fingerprint density at radius 3 is 2.41 bits per heavy atom. The number of rotatable bonds is 6. The molecule has 2 amide bonds. The van der Waals surface area contributed by atoms with E-state index in [-0.39, 0.29) is 12.3 Å². The van der Waals surface area contributed by atoms with Crippen LogP contribution in [-0.2, 0) is 14.3 Å². The number of carboxylic acid groups (broad SMARTS) is 1. The van der Waals surface area contributed by atoms with Crippen LogP contribution in [0.25, 0.3) is 0 Å². The number of carboxylic acids is 1. The maximum absolute atomic E-state index is 13.4. The molecule has 2 N–H and O–H groups in total. The van der Waals surface area contributed by atoms with Crippen LogP contribution in [0.4, 0.5) is 4.79 Å². The molecular formula is C26H36N2O6. The number of nitrogens with one attached hydrogen (secondary N) is 1. The van der Waals surface area contributed by atoms with Crippen LogP contribution in [0.5, 0.6) is 5.75 Å². The van der Waals surface area contributed by atoms with Gasteiger partial charge < -0.3 is 24.8 Å². The lowest BCUT2D eigenvalue weighted by atomic mass is 9.90. The van der Waals surface area contributed by atoms with Crippen molar-refractivity contribution in [1.82, 2.24) is 10.2 Å².